The Labute approximate surface area is 128 Å². The molecule has 0 aliphatic heterocycles. The molecule has 2 amide bonds. The summed E-state index contributed by atoms with van der Waals surface area (Å²) in [7, 11) is 0. The van der Waals surface area contributed by atoms with Gasteiger partial charge in [0.05, 0.1) is 15.4 Å². The number of alkyl halides is 2. The van der Waals surface area contributed by atoms with Crippen molar-refractivity contribution in [2.45, 2.75) is 6.43 Å². The molecule has 2 rings (SSSR count). The van der Waals surface area contributed by atoms with Crippen molar-refractivity contribution in [3.63, 3.8) is 0 Å². The molecule has 8 heteroatoms. The van der Waals surface area contributed by atoms with E-state index in [1.54, 1.807) is 12.1 Å². The highest BCUT2D eigenvalue weighted by molar-refractivity contribution is 7.16. The molecule has 0 aliphatic carbocycles. The Hall–Kier alpha value is -2.48. The Bertz CT molecular complexity index is 688. The van der Waals surface area contributed by atoms with Crippen LogP contribution < -0.4 is 15.8 Å². The summed E-state index contributed by atoms with van der Waals surface area (Å²) in [6, 6.07) is 9.15. The van der Waals surface area contributed by atoms with Crippen molar-refractivity contribution in [1.29, 1.82) is 0 Å². The lowest BCUT2D eigenvalue weighted by atomic mass is 10.3. The van der Waals surface area contributed by atoms with Gasteiger partial charge in [-0.1, -0.05) is 12.1 Å². The van der Waals surface area contributed by atoms with Crippen LogP contribution in [0.15, 0.2) is 36.4 Å². The van der Waals surface area contributed by atoms with Gasteiger partial charge in [0.25, 0.3) is 18.2 Å². The Balaban J connectivity index is 2.12. The number of primary amides is 1. The van der Waals surface area contributed by atoms with Gasteiger partial charge < -0.3 is 15.8 Å². The van der Waals surface area contributed by atoms with Crippen LogP contribution in [-0.2, 0) is 0 Å². The van der Waals surface area contributed by atoms with E-state index in [0.717, 1.165) is 11.3 Å². The fourth-order valence-electron chi connectivity index (χ4n) is 1.62. The van der Waals surface area contributed by atoms with E-state index in [4.69, 9.17) is 10.5 Å². The minimum atomic E-state index is -2.61. The van der Waals surface area contributed by atoms with Crippen LogP contribution in [0, 0.1) is 0 Å². The molecule has 0 radical (unpaired) electrons. The van der Waals surface area contributed by atoms with Gasteiger partial charge in [-0.25, -0.2) is 8.78 Å². The average Bonchev–Trinajstić information content (AvgIpc) is 2.96. The number of halogens is 2. The number of nitrogens with one attached hydrogen (secondary N) is 1. The van der Waals surface area contributed by atoms with Crippen LogP contribution in [-0.4, -0.2) is 24.8 Å². The molecule has 116 valence electrons. The Morgan fingerprint density at radius 1 is 1.18 bits per heavy atom. The van der Waals surface area contributed by atoms with Crippen molar-refractivity contribution in [1.82, 2.24) is 0 Å². The first-order chi connectivity index (χ1) is 10.5. The van der Waals surface area contributed by atoms with E-state index in [1.807, 2.05) is 0 Å². The summed E-state index contributed by atoms with van der Waals surface area (Å²) in [4.78, 5) is 23.6. The highest BCUT2D eigenvalue weighted by Gasteiger charge is 2.14. The first kappa shape index (κ1) is 15.9. The molecule has 2 aromatic rings. The van der Waals surface area contributed by atoms with Crippen LogP contribution in [0.1, 0.15) is 19.3 Å². The Morgan fingerprint density at radius 2 is 1.86 bits per heavy atom. The first-order valence-corrected chi connectivity index (χ1v) is 7.00. The van der Waals surface area contributed by atoms with Gasteiger partial charge in [-0.05, 0) is 24.3 Å². The van der Waals surface area contributed by atoms with Crippen LogP contribution in [0.4, 0.5) is 14.5 Å². The summed E-state index contributed by atoms with van der Waals surface area (Å²) in [5, 5.41) is 2.55. The molecule has 3 N–H and O–H groups in total. The summed E-state index contributed by atoms with van der Waals surface area (Å²) in [6.07, 6.45) is -2.61. The van der Waals surface area contributed by atoms with Gasteiger partial charge in [-0.2, -0.15) is 0 Å². The quantitative estimate of drug-likeness (QED) is 0.856. The number of para-hydroxylation sites is 2. The normalized spacial score (nSPS) is 10.5. The van der Waals surface area contributed by atoms with Gasteiger partial charge in [-0.15, -0.1) is 11.3 Å². The zero-order valence-electron chi connectivity index (χ0n) is 11.2. The molecule has 0 saturated carbocycles. The minimum Gasteiger partial charge on any atom is -0.485 e. The standard InChI is InChI=1S/C14H12F2N2O3S/c15-12(16)7-21-9-4-2-1-3-8(9)18-14(20)11-6-5-10(22-11)13(17)19/h1-6,12H,7H2,(H2,17,19)(H,18,20). The summed E-state index contributed by atoms with van der Waals surface area (Å²) in [5.41, 5.74) is 5.39. The molecule has 0 fully saturated rings. The first-order valence-electron chi connectivity index (χ1n) is 6.18. The van der Waals surface area contributed by atoms with E-state index in [1.165, 1.54) is 24.3 Å². The Morgan fingerprint density at radius 3 is 2.50 bits per heavy atom. The summed E-state index contributed by atoms with van der Waals surface area (Å²) >= 11 is 0.945. The fraction of sp³-hybridized carbons (Fsp3) is 0.143. The van der Waals surface area contributed by atoms with Crippen LogP contribution >= 0.6 is 11.3 Å². The van der Waals surface area contributed by atoms with Crippen molar-refractivity contribution in [3.8, 4) is 5.75 Å². The van der Waals surface area contributed by atoms with Gasteiger partial charge in [0, 0.05) is 0 Å². The number of benzene rings is 1. The molecular weight excluding hydrogens is 314 g/mol. The second-order valence-corrected chi connectivity index (χ2v) is 5.26. The van der Waals surface area contributed by atoms with E-state index < -0.39 is 24.8 Å². The van der Waals surface area contributed by atoms with E-state index in [-0.39, 0.29) is 21.2 Å². The summed E-state index contributed by atoms with van der Waals surface area (Å²) < 4.78 is 29.4. The number of carbonyl (C=O) groups excluding carboxylic acids is 2. The molecule has 0 saturated heterocycles. The number of carbonyl (C=O) groups is 2. The van der Waals surface area contributed by atoms with Crippen molar-refractivity contribution >= 4 is 28.8 Å². The molecule has 1 aromatic heterocycles. The largest absolute Gasteiger partial charge is 0.485 e. The number of hydrogen-bond donors (Lipinski definition) is 2. The number of ether oxygens (including phenoxy) is 1. The SMILES string of the molecule is NC(=O)c1ccc(C(=O)Nc2ccccc2OCC(F)F)s1. The summed E-state index contributed by atoms with van der Waals surface area (Å²) in [5.74, 6) is -0.960. The van der Waals surface area contributed by atoms with Crippen molar-refractivity contribution < 1.29 is 23.1 Å². The van der Waals surface area contributed by atoms with E-state index in [0.29, 0.717) is 0 Å². The number of nitrogens with two attached hydrogens (primary N) is 1. The van der Waals surface area contributed by atoms with Gasteiger partial charge in [0.2, 0.25) is 0 Å². The van der Waals surface area contributed by atoms with Crippen molar-refractivity contribution in [3.05, 3.63) is 46.2 Å². The van der Waals surface area contributed by atoms with E-state index in [9.17, 15) is 18.4 Å². The van der Waals surface area contributed by atoms with Gasteiger partial charge >= 0.3 is 0 Å². The maximum atomic E-state index is 12.2. The third kappa shape index (κ3) is 4.01. The lowest BCUT2D eigenvalue weighted by Crippen LogP contribution is -2.13. The Kier molecular flexibility index (Phi) is 5.05. The smallest absolute Gasteiger partial charge is 0.272 e. The molecule has 0 aliphatic rings. The van der Waals surface area contributed by atoms with Gasteiger partial charge in [0.15, 0.2) is 0 Å². The van der Waals surface area contributed by atoms with Crippen LogP contribution in [0.3, 0.4) is 0 Å². The number of amides is 2. The number of hydrogen-bond acceptors (Lipinski definition) is 4. The van der Waals surface area contributed by atoms with Crippen molar-refractivity contribution in [2.24, 2.45) is 5.73 Å². The predicted octanol–water partition coefficient (Wildman–Crippen LogP) is 2.74. The minimum absolute atomic E-state index is 0.142. The maximum absolute atomic E-state index is 12.2. The lowest BCUT2D eigenvalue weighted by Gasteiger charge is -2.11. The molecule has 0 bridgehead atoms. The van der Waals surface area contributed by atoms with Gasteiger partial charge in [0.1, 0.15) is 12.4 Å². The molecule has 22 heavy (non-hydrogen) atoms. The number of rotatable bonds is 6. The summed E-state index contributed by atoms with van der Waals surface area (Å²) in [6.45, 7) is -0.766. The third-order valence-electron chi connectivity index (χ3n) is 2.57. The zero-order chi connectivity index (χ0) is 16.1. The average molecular weight is 326 g/mol. The van der Waals surface area contributed by atoms with Crippen LogP contribution in [0.5, 0.6) is 5.75 Å². The lowest BCUT2D eigenvalue weighted by molar-refractivity contribution is 0.0822. The highest BCUT2D eigenvalue weighted by atomic mass is 32.1. The monoisotopic (exact) mass is 326 g/mol. The molecule has 0 atom stereocenters. The fourth-order valence-corrected chi connectivity index (χ4v) is 2.38. The molecule has 0 spiro atoms. The van der Waals surface area contributed by atoms with Crippen molar-refractivity contribution in [2.75, 3.05) is 11.9 Å². The van der Waals surface area contributed by atoms with Crippen LogP contribution in [0.2, 0.25) is 0 Å². The topological polar surface area (TPSA) is 81.4 Å². The maximum Gasteiger partial charge on any atom is 0.272 e. The van der Waals surface area contributed by atoms with E-state index >= 15 is 0 Å². The molecule has 0 unspecified atom stereocenters. The second-order valence-electron chi connectivity index (χ2n) is 4.18. The molecule has 1 aromatic carbocycles. The van der Waals surface area contributed by atoms with Gasteiger partial charge in [-0.3, -0.25) is 9.59 Å². The van der Waals surface area contributed by atoms with E-state index in [2.05, 4.69) is 5.32 Å². The molecular formula is C14H12F2N2O3S. The zero-order valence-corrected chi connectivity index (χ0v) is 12.0. The predicted molar refractivity (Wildman–Crippen MR) is 78.7 cm³/mol. The van der Waals surface area contributed by atoms with Crippen LogP contribution in [0.25, 0.3) is 0 Å². The number of anilines is 1. The number of thiophene rings is 1. The molecule has 5 nitrogen and oxygen atoms in total. The third-order valence-corrected chi connectivity index (χ3v) is 3.67. The second kappa shape index (κ2) is 6.99. The highest BCUT2D eigenvalue weighted by Crippen LogP contribution is 2.26. The molecule has 1 heterocycles.